The Morgan fingerprint density at radius 2 is 2.41 bits per heavy atom. The van der Waals surface area contributed by atoms with Crippen LogP contribution in [-0.2, 0) is 4.79 Å². The minimum Gasteiger partial charge on any atom is -0.481 e. The highest BCUT2D eigenvalue weighted by molar-refractivity contribution is 6.31. The van der Waals surface area contributed by atoms with Crippen molar-refractivity contribution < 1.29 is 14.3 Å². The van der Waals surface area contributed by atoms with Crippen LogP contribution in [0.3, 0.4) is 0 Å². The van der Waals surface area contributed by atoms with Gasteiger partial charge in [0.1, 0.15) is 5.52 Å². The van der Waals surface area contributed by atoms with Gasteiger partial charge in [0.25, 0.3) is 0 Å². The average molecular weight is 255 g/mol. The molecular weight excluding hydrogens is 247 g/mol. The molecule has 2 aromatic heterocycles. The third-order valence-corrected chi connectivity index (χ3v) is 3.37. The van der Waals surface area contributed by atoms with Gasteiger partial charge in [-0.3, -0.25) is 4.79 Å². The van der Waals surface area contributed by atoms with E-state index in [-0.39, 0.29) is 16.5 Å². The summed E-state index contributed by atoms with van der Waals surface area (Å²) in [6.07, 6.45) is 3.59. The van der Waals surface area contributed by atoms with E-state index in [2.05, 4.69) is 4.98 Å². The van der Waals surface area contributed by atoms with Gasteiger partial charge >= 0.3 is 5.97 Å². The van der Waals surface area contributed by atoms with Gasteiger partial charge in [0.15, 0.2) is 5.82 Å². The topological polar surface area (TPSA) is 54.6 Å². The van der Waals surface area contributed by atoms with E-state index in [1.807, 2.05) is 0 Å². The largest absolute Gasteiger partial charge is 0.481 e. The standard InChI is InChI=1S/C11H8ClFN2O2/c12-7-1-2-15-4-14-9(10(15)8(7)13)5-3-6(5)11(16)17/h1-2,4-6H,3H2,(H,16,17)/t5-,6-/m0/s1. The van der Waals surface area contributed by atoms with Crippen molar-refractivity contribution in [2.75, 3.05) is 0 Å². The van der Waals surface area contributed by atoms with Gasteiger partial charge in [-0.15, -0.1) is 0 Å². The molecule has 2 aromatic rings. The van der Waals surface area contributed by atoms with Gasteiger partial charge in [0, 0.05) is 12.1 Å². The number of hydrogen-bond acceptors (Lipinski definition) is 2. The first kappa shape index (κ1) is 10.5. The summed E-state index contributed by atoms with van der Waals surface area (Å²) in [5.41, 5.74) is 0.767. The zero-order chi connectivity index (χ0) is 12.2. The summed E-state index contributed by atoms with van der Waals surface area (Å²) >= 11 is 5.71. The predicted octanol–water partition coefficient (Wildman–Crippen LogP) is 2.31. The van der Waals surface area contributed by atoms with Crippen molar-refractivity contribution in [2.45, 2.75) is 12.3 Å². The SMILES string of the molecule is O=C(O)[C@H]1C[C@@H]1c1ncn2ccc(Cl)c(F)c12. The third kappa shape index (κ3) is 1.50. The van der Waals surface area contributed by atoms with Crippen molar-refractivity contribution in [1.82, 2.24) is 9.38 Å². The maximum atomic E-state index is 13.9. The summed E-state index contributed by atoms with van der Waals surface area (Å²) in [7, 11) is 0. The lowest BCUT2D eigenvalue weighted by Crippen LogP contribution is -2.00. The van der Waals surface area contributed by atoms with E-state index in [0.717, 1.165) is 0 Å². The Labute approximate surface area is 101 Å². The first-order chi connectivity index (χ1) is 8.09. The second-order valence-electron chi connectivity index (χ2n) is 4.15. The van der Waals surface area contributed by atoms with Gasteiger partial charge in [-0.25, -0.2) is 9.37 Å². The molecule has 3 rings (SSSR count). The van der Waals surface area contributed by atoms with E-state index in [1.54, 1.807) is 6.20 Å². The Morgan fingerprint density at radius 1 is 1.65 bits per heavy atom. The summed E-state index contributed by atoms with van der Waals surface area (Å²) in [6.45, 7) is 0. The monoisotopic (exact) mass is 254 g/mol. The number of rotatable bonds is 2. The second-order valence-corrected chi connectivity index (χ2v) is 4.56. The van der Waals surface area contributed by atoms with Crippen LogP contribution in [-0.4, -0.2) is 20.5 Å². The number of imidazole rings is 1. The zero-order valence-corrected chi connectivity index (χ0v) is 9.36. The molecule has 0 amide bonds. The minimum atomic E-state index is -0.862. The molecule has 0 saturated heterocycles. The Bertz CT molecular complexity index is 625. The lowest BCUT2D eigenvalue weighted by molar-refractivity contribution is -0.138. The molecule has 17 heavy (non-hydrogen) atoms. The molecule has 4 nitrogen and oxygen atoms in total. The van der Waals surface area contributed by atoms with Gasteiger partial charge in [-0.1, -0.05) is 11.6 Å². The molecule has 0 spiro atoms. The molecule has 88 valence electrons. The van der Waals surface area contributed by atoms with Crippen molar-refractivity contribution in [3.63, 3.8) is 0 Å². The van der Waals surface area contributed by atoms with E-state index in [0.29, 0.717) is 12.1 Å². The van der Waals surface area contributed by atoms with Crippen LogP contribution >= 0.6 is 11.6 Å². The molecule has 0 radical (unpaired) electrons. The molecule has 1 saturated carbocycles. The maximum Gasteiger partial charge on any atom is 0.307 e. The number of hydrogen-bond donors (Lipinski definition) is 1. The number of carbonyl (C=O) groups is 1. The van der Waals surface area contributed by atoms with Crippen molar-refractivity contribution in [1.29, 1.82) is 0 Å². The highest BCUT2D eigenvalue weighted by atomic mass is 35.5. The normalized spacial score (nSPS) is 22.9. The molecule has 2 atom stereocenters. The Hall–Kier alpha value is -1.62. The zero-order valence-electron chi connectivity index (χ0n) is 8.60. The number of aromatic nitrogens is 2. The molecule has 1 aliphatic rings. The number of fused-ring (bicyclic) bond motifs is 1. The lowest BCUT2D eigenvalue weighted by atomic mass is 10.2. The summed E-state index contributed by atoms with van der Waals surface area (Å²) in [5, 5.41) is 8.88. The number of nitrogens with zero attached hydrogens (tertiary/aromatic N) is 2. The van der Waals surface area contributed by atoms with Crippen LogP contribution in [0.1, 0.15) is 18.0 Å². The van der Waals surface area contributed by atoms with Crippen molar-refractivity contribution in [2.24, 2.45) is 5.92 Å². The van der Waals surface area contributed by atoms with Crippen LogP contribution in [0, 0.1) is 11.7 Å². The first-order valence-corrected chi connectivity index (χ1v) is 5.50. The molecule has 0 bridgehead atoms. The first-order valence-electron chi connectivity index (χ1n) is 5.13. The van der Waals surface area contributed by atoms with Crippen LogP contribution in [0.25, 0.3) is 5.52 Å². The predicted molar refractivity (Wildman–Crippen MR) is 58.6 cm³/mol. The Balaban J connectivity index is 2.13. The molecule has 2 heterocycles. The third-order valence-electron chi connectivity index (χ3n) is 3.08. The molecule has 1 N–H and O–H groups in total. The number of halogens is 2. The number of carboxylic acid groups (broad SMARTS) is 1. The van der Waals surface area contributed by atoms with E-state index < -0.39 is 17.7 Å². The second kappa shape index (κ2) is 3.43. The van der Waals surface area contributed by atoms with Crippen LogP contribution in [0.15, 0.2) is 18.6 Å². The van der Waals surface area contributed by atoms with Crippen LogP contribution in [0.4, 0.5) is 4.39 Å². The van der Waals surface area contributed by atoms with Gasteiger partial charge < -0.3 is 9.51 Å². The van der Waals surface area contributed by atoms with Crippen molar-refractivity contribution in [3.05, 3.63) is 35.1 Å². The number of carboxylic acids is 1. The average Bonchev–Trinajstić information content (AvgIpc) is 2.97. The molecule has 0 unspecified atom stereocenters. The van der Waals surface area contributed by atoms with E-state index >= 15 is 0 Å². The highest BCUT2D eigenvalue weighted by Gasteiger charge is 2.46. The van der Waals surface area contributed by atoms with Gasteiger partial charge in [0.2, 0.25) is 0 Å². The van der Waals surface area contributed by atoms with Crippen LogP contribution < -0.4 is 0 Å². The highest BCUT2D eigenvalue weighted by Crippen LogP contribution is 2.48. The van der Waals surface area contributed by atoms with Crippen LogP contribution in [0.2, 0.25) is 5.02 Å². The van der Waals surface area contributed by atoms with E-state index in [9.17, 15) is 9.18 Å². The Kier molecular flexibility index (Phi) is 2.13. The fraction of sp³-hybridized carbons (Fsp3) is 0.273. The molecule has 1 fully saturated rings. The summed E-state index contributed by atoms with van der Waals surface area (Å²) in [5.74, 6) is -2.06. The Morgan fingerprint density at radius 3 is 3.06 bits per heavy atom. The van der Waals surface area contributed by atoms with Crippen LogP contribution in [0.5, 0.6) is 0 Å². The van der Waals surface area contributed by atoms with Crippen molar-refractivity contribution >= 4 is 23.1 Å². The fourth-order valence-corrected chi connectivity index (χ4v) is 2.23. The molecule has 6 heteroatoms. The fourth-order valence-electron chi connectivity index (χ4n) is 2.09. The molecule has 1 aliphatic carbocycles. The van der Waals surface area contributed by atoms with Gasteiger partial charge in [-0.2, -0.15) is 0 Å². The van der Waals surface area contributed by atoms with Crippen molar-refractivity contribution in [3.8, 4) is 0 Å². The lowest BCUT2D eigenvalue weighted by Gasteiger charge is -2.00. The minimum absolute atomic E-state index is 0.0202. The summed E-state index contributed by atoms with van der Waals surface area (Å²) in [4.78, 5) is 14.9. The summed E-state index contributed by atoms with van der Waals surface area (Å²) < 4.78 is 15.4. The molecule has 0 aliphatic heterocycles. The van der Waals surface area contributed by atoms with Gasteiger partial charge in [-0.05, 0) is 12.5 Å². The number of pyridine rings is 1. The van der Waals surface area contributed by atoms with Gasteiger partial charge in [0.05, 0.1) is 23.0 Å². The maximum absolute atomic E-state index is 13.9. The quantitative estimate of drug-likeness (QED) is 0.895. The molecule has 0 aromatic carbocycles. The smallest absolute Gasteiger partial charge is 0.307 e. The van der Waals surface area contributed by atoms with E-state index in [4.69, 9.17) is 16.7 Å². The summed E-state index contributed by atoms with van der Waals surface area (Å²) in [6, 6.07) is 1.44. The molecular formula is C11H8ClFN2O2. The number of aliphatic carboxylic acids is 1. The van der Waals surface area contributed by atoms with E-state index in [1.165, 1.54) is 16.8 Å².